The average molecular weight is 246 g/mol. The van der Waals surface area contributed by atoms with Gasteiger partial charge in [0.05, 0.1) is 11.5 Å². The quantitative estimate of drug-likeness (QED) is 0.492. The summed E-state index contributed by atoms with van der Waals surface area (Å²) in [7, 11) is -2.95. The van der Waals surface area contributed by atoms with Gasteiger partial charge >= 0.3 is 0 Å². The molecule has 8 nitrogen and oxygen atoms in total. The van der Waals surface area contributed by atoms with Crippen LogP contribution in [0.25, 0.3) is 0 Å². The van der Waals surface area contributed by atoms with Gasteiger partial charge in [-0.2, -0.15) is 0 Å². The number of hydrogen-bond donors (Lipinski definition) is 3. The molecule has 0 bridgehead atoms. The Labute approximate surface area is 92.9 Å². The summed E-state index contributed by atoms with van der Waals surface area (Å²) in [5.74, 6) is 6.45. The Morgan fingerprint density at radius 1 is 1.50 bits per heavy atom. The summed E-state index contributed by atoms with van der Waals surface area (Å²) in [6, 6.07) is -0.176. The molecule has 90 valence electrons. The molecule has 1 unspecified atom stereocenters. The van der Waals surface area contributed by atoms with Crippen molar-refractivity contribution in [2.75, 3.05) is 29.6 Å². The highest BCUT2D eigenvalue weighted by molar-refractivity contribution is 7.91. The van der Waals surface area contributed by atoms with Gasteiger partial charge < -0.3 is 16.9 Å². The Morgan fingerprint density at radius 2 is 2.25 bits per heavy atom. The van der Waals surface area contributed by atoms with Gasteiger partial charge in [0, 0.05) is 19.0 Å². The Kier molecular flexibility index (Phi) is 2.72. The van der Waals surface area contributed by atoms with E-state index in [1.165, 1.54) is 4.68 Å². The molecule has 16 heavy (non-hydrogen) atoms. The van der Waals surface area contributed by atoms with Crippen LogP contribution in [0.1, 0.15) is 5.82 Å². The zero-order valence-corrected chi connectivity index (χ0v) is 9.44. The molecule has 0 aliphatic carbocycles. The van der Waals surface area contributed by atoms with Crippen molar-refractivity contribution in [3.63, 3.8) is 0 Å². The van der Waals surface area contributed by atoms with E-state index >= 15 is 0 Å². The maximum Gasteiger partial charge on any atom is 0.240 e. The summed E-state index contributed by atoms with van der Waals surface area (Å²) in [6.07, 6.45) is 0.403. The summed E-state index contributed by atoms with van der Waals surface area (Å²) in [4.78, 5) is 0. The van der Waals surface area contributed by atoms with E-state index in [1.54, 1.807) is 0 Å². The van der Waals surface area contributed by atoms with Crippen LogP contribution in [-0.2, 0) is 16.3 Å². The molecule has 1 aliphatic rings. The standard InChI is InChI=1S/C7H14N6O2S/c8-7-12-11-6(13(7)9)3-5-4-16(14,15)2-1-10-5/h5,10H,1-4,9H2,(H2,8,12). The molecule has 1 atom stereocenters. The van der Waals surface area contributed by atoms with Gasteiger partial charge in [0.1, 0.15) is 0 Å². The van der Waals surface area contributed by atoms with Crippen molar-refractivity contribution in [2.24, 2.45) is 0 Å². The summed E-state index contributed by atoms with van der Waals surface area (Å²) in [6.45, 7) is 0.460. The van der Waals surface area contributed by atoms with Crippen LogP contribution in [0.15, 0.2) is 0 Å². The minimum absolute atomic E-state index is 0.0970. The number of anilines is 1. The summed E-state index contributed by atoms with van der Waals surface area (Å²) < 4.78 is 24.0. The van der Waals surface area contributed by atoms with Crippen molar-refractivity contribution in [1.82, 2.24) is 20.2 Å². The molecular formula is C7H14N6O2S. The molecule has 1 saturated heterocycles. The maximum absolute atomic E-state index is 11.4. The van der Waals surface area contributed by atoms with Crippen molar-refractivity contribution < 1.29 is 8.42 Å². The molecule has 1 fully saturated rings. The Bertz CT molecular complexity index is 481. The van der Waals surface area contributed by atoms with Gasteiger partial charge in [-0.1, -0.05) is 0 Å². The fourth-order valence-electron chi connectivity index (χ4n) is 1.70. The fourth-order valence-corrected chi connectivity index (χ4v) is 3.14. The summed E-state index contributed by atoms with van der Waals surface area (Å²) in [5.41, 5.74) is 5.42. The minimum Gasteiger partial charge on any atom is -0.366 e. The van der Waals surface area contributed by atoms with Crippen LogP contribution in [0.5, 0.6) is 0 Å². The number of nitrogen functional groups attached to an aromatic ring is 2. The van der Waals surface area contributed by atoms with Crippen LogP contribution in [0.2, 0.25) is 0 Å². The Morgan fingerprint density at radius 3 is 2.81 bits per heavy atom. The highest BCUT2D eigenvalue weighted by Crippen LogP contribution is 2.07. The van der Waals surface area contributed by atoms with Crippen molar-refractivity contribution in [2.45, 2.75) is 12.5 Å². The highest BCUT2D eigenvalue weighted by atomic mass is 32.2. The molecule has 1 aliphatic heterocycles. The van der Waals surface area contributed by atoms with E-state index in [2.05, 4.69) is 15.5 Å². The van der Waals surface area contributed by atoms with Crippen LogP contribution in [0.4, 0.5) is 5.95 Å². The van der Waals surface area contributed by atoms with Gasteiger partial charge in [-0.25, -0.2) is 13.1 Å². The van der Waals surface area contributed by atoms with Gasteiger partial charge in [-0.3, -0.25) is 0 Å². The van der Waals surface area contributed by atoms with Crippen LogP contribution in [-0.4, -0.2) is 47.4 Å². The van der Waals surface area contributed by atoms with Gasteiger partial charge in [0.2, 0.25) is 5.95 Å². The number of hydrogen-bond acceptors (Lipinski definition) is 7. The first kappa shape index (κ1) is 11.1. The van der Waals surface area contributed by atoms with E-state index < -0.39 is 9.84 Å². The number of nitrogens with one attached hydrogen (secondary N) is 1. The lowest BCUT2D eigenvalue weighted by Gasteiger charge is -2.22. The number of sulfone groups is 1. The number of nitrogens with zero attached hydrogens (tertiary/aromatic N) is 3. The molecule has 9 heteroatoms. The second-order valence-electron chi connectivity index (χ2n) is 3.81. The topological polar surface area (TPSA) is 129 Å². The minimum atomic E-state index is -2.95. The first-order valence-electron chi connectivity index (χ1n) is 4.86. The predicted octanol–water partition coefficient (Wildman–Crippen LogP) is -2.50. The Hall–Kier alpha value is -1.35. The van der Waals surface area contributed by atoms with Crippen LogP contribution < -0.4 is 16.9 Å². The van der Waals surface area contributed by atoms with Gasteiger partial charge in [-0.15, -0.1) is 10.2 Å². The second-order valence-corrected chi connectivity index (χ2v) is 6.04. The lowest BCUT2D eigenvalue weighted by atomic mass is 10.2. The summed E-state index contributed by atoms with van der Waals surface area (Å²) in [5, 5.41) is 10.5. The molecule has 0 radical (unpaired) electrons. The molecular weight excluding hydrogens is 232 g/mol. The van der Waals surface area contributed by atoms with E-state index in [1.807, 2.05) is 0 Å². The SMILES string of the molecule is Nc1nnc(CC2CS(=O)(=O)CCN2)n1N. The van der Waals surface area contributed by atoms with E-state index in [0.717, 1.165) is 0 Å². The molecule has 2 rings (SSSR count). The van der Waals surface area contributed by atoms with Crippen LogP contribution in [0.3, 0.4) is 0 Å². The molecule has 1 aromatic rings. The van der Waals surface area contributed by atoms with E-state index in [9.17, 15) is 8.42 Å². The Balaban J connectivity index is 2.08. The highest BCUT2D eigenvalue weighted by Gasteiger charge is 2.25. The van der Waals surface area contributed by atoms with Gasteiger partial charge in [-0.05, 0) is 0 Å². The molecule has 5 N–H and O–H groups in total. The number of aromatic nitrogens is 3. The van der Waals surface area contributed by atoms with Crippen molar-refractivity contribution >= 4 is 15.8 Å². The normalized spacial score (nSPS) is 24.4. The molecule has 1 aromatic heterocycles. The first-order valence-corrected chi connectivity index (χ1v) is 6.69. The zero-order chi connectivity index (χ0) is 11.8. The third-order valence-electron chi connectivity index (χ3n) is 2.52. The van der Waals surface area contributed by atoms with E-state index in [0.29, 0.717) is 18.8 Å². The predicted molar refractivity (Wildman–Crippen MR) is 58.7 cm³/mol. The average Bonchev–Trinajstić information content (AvgIpc) is 2.48. The van der Waals surface area contributed by atoms with Gasteiger partial charge in [0.25, 0.3) is 0 Å². The van der Waals surface area contributed by atoms with Crippen molar-refractivity contribution in [3.05, 3.63) is 5.82 Å². The zero-order valence-electron chi connectivity index (χ0n) is 8.63. The second kappa shape index (κ2) is 3.91. The van der Waals surface area contributed by atoms with Crippen LogP contribution >= 0.6 is 0 Å². The third kappa shape index (κ3) is 2.25. The molecule has 0 saturated carbocycles. The largest absolute Gasteiger partial charge is 0.366 e. The lowest BCUT2D eigenvalue weighted by molar-refractivity contribution is 0.505. The monoisotopic (exact) mass is 246 g/mol. The smallest absolute Gasteiger partial charge is 0.240 e. The van der Waals surface area contributed by atoms with E-state index in [-0.39, 0.29) is 23.5 Å². The van der Waals surface area contributed by atoms with Gasteiger partial charge in [0.15, 0.2) is 15.7 Å². The molecule has 0 aromatic carbocycles. The fraction of sp³-hybridized carbons (Fsp3) is 0.714. The maximum atomic E-state index is 11.4. The number of nitrogens with two attached hydrogens (primary N) is 2. The summed E-state index contributed by atoms with van der Waals surface area (Å²) >= 11 is 0. The molecule has 0 spiro atoms. The van der Waals surface area contributed by atoms with E-state index in [4.69, 9.17) is 11.6 Å². The third-order valence-corrected chi connectivity index (χ3v) is 4.26. The first-order chi connectivity index (χ1) is 7.48. The van der Waals surface area contributed by atoms with Crippen LogP contribution in [0, 0.1) is 0 Å². The number of rotatable bonds is 2. The van der Waals surface area contributed by atoms with Crippen molar-refractivity contribution in [1.29, 1.82) is 0 Å². The molecule has 0 amide bonds. The molecule has 2 heterocycles. The lowest BCUT2D eigenvalue weighted by Crippen LogP contribution is -2.46. The van der Waals surface area contributed by atoms with Crippen molar-refractivity contribution in [3.8, 4) is 0 Å².